The maximum absolute atomic E-state index is 14.1. The second kappa shape index (κ2) is 6.16. The molecule has 1 heterocycles. The van der Waals surface area contributed by atoms with Gasteiger partial charge in [-0.25, -0.2) is 18.7 Å². The Balaban J connectivity index is 2.60. The number of halogens is 2. The van der Waals surface area contributed by atoms with E-state index < -0.39 is 11.6 Å². The first-order valence-electron chi connectivity index (χ1n) is 7.01. The minimum absolute atomic E-state index is 0.0979. The van der Waals surface area contributed by atoms with Crippen LogP contribution in [-0.2, 0) is 0 Å². The van der Waals surface area contributed by atoms with Crippen molar-refractivity contribution in [2.24, 2.45) is 0 Å². The van der Waals surface area contributed by atoms with Crippen molar-refractivity contribution in [3.8, 4) is 11.3 Å². The van der Waals surface area contributed by atoms with Crippen molar-refractivity contribution in [3.05, 3.63) is 41.2 Å². The van der Waals surface area contributed by atoms with Crippen LogP contribution in [0, 0.1) is 18.6 Å². The zero-order valence-electron chi connectivity index (χ0n) is 12.7. The zero-order chi connectivity index (χ0) is 15.6. The number of aromatic nitrogens is 2. The van der Waals surface area contributed by atoms with Gasteiger partial charge in [0.2, 0.25) is 0 Å². The summed E-state index contributed by atoms with van der Waals surface area (Å²) in [5.41, 5.74) is 0.823. The fourth-order valence-corrected chi connectivity index (χ4v) is 1.98. The number of nitrogens with zero attached hydrogens (tertiary/aromatic N) is 2. The van der Waals surface area contributed by atoms with Crippen LogP contribution in [0.5, 0.6) is 0 Å². The monoisotopic (exact) mass is 291 g/mol. The molecule has 0 bridgehead atoms. The van der Waals surface area contributed by atoms with Gasteiger partial charge < -0.3 is 5.32 Å². The van der Waals surface area contributed by atoms with E-state index in [9.17, 15) is 8.78 Å². The Morgan fingerprint density at radius 3 is 2.48 bits per heavy atom. The third kappa shape index (κ3) is 3.17. The lowest BCUT2D eigenvalue weighted by atomic mass is 10.1. The van der Waals surface area contributed by atoms with Crippen molar-refractivity contribution in [2.75, 3.05) is 11.9 Å². The number of hydrogen-bond acceptors (Lipinski definition) is 3. The standard InChI is InChI=1S/C16H19F2N3/c1-5-19-13-8-12(20-16(21-13)9(2)3)11-7-6-10(4)14(17)15(11)18/h6-9H,5H2,1-4H3,(H,19,20,21). The van der Waals surface area contributed by atoms with Crippen molar-refractivity contribution < 1.29 is 8.78 Å². The number of nitrogens with one attached hydrogen (secondary N) is 1. The predicted octanol–water partition coefficient (Wildman–Crippen LogP) is 4.29. The molecule has 0 saturated carbocycles. The van der Waals surface area contributed by atoms with Crippen molar-refractivity contribution in [3.63, 3.8) is 0 Å². The summed E-state index contributed by atoms with van der Waals surface area (Å²) in [5, 5.41) is 3.09. The molecule has 0 amide bonds. The first kappa shape index (κ1) is 15.4. The highest BCUT2D eigenvalue weighted by atomic mass is 19.2. The Bertz CT molecular complexity index is 654. The van der Waals surface area contributed by atoms with Crippen LogP contribution in [0.25, 0.3) is 11.3 Å². The Kier molecular flexibility index (Phi) is 4.50. The summed E-state index contributed by atoms with van der Waals surface area (Å²) in [5.74, 6) is -0.385. The van der Waals surface area contributed by atoms with Gasteiger partial charge in [-0.05, 0) is 25.5 Å². The highest BCUT2D eigenvalue weighted by molar-refractivity contribution is 5.64. The lowest BCUT2D eigenvalue weighted by Crippen LogP contribution is -2.06. The fraction of sp³-hybridized carbons (Fsp3) is 0.375. The van der Waals surface area contributed by atoms with E-state index in [0.717, 1.165) is 0 Å². The molecule has 0 atom stereocenters. The second-order valence-electron chi connectivity index (χ2n) is 5.24. The lowest BCUT2D eigenvalue weighted by Gasteiger charge is -2.12. The predicted molar refractivity (Wildman–Crippen MR) is 80.4 cm³/mol. The van der Waals surface area contributed by atoms with Crippen LogP contribution < -0.4 is 5.32 Å². The zero-order valence-corrected chi connectivity index (χ0v) is 12.7. The summed E-state index contributed by atoms with van der Waals surface area (Å²) in [7, 11) is 0. The Morgan fingerprint density at radius 1 is 1.14 bits per heavy atom. The maximum atomic E-state index is 14.1. The smallest absolute Gasteiger partial charge is 0.168 e. The van der Waals surface area contributed by atoms with E-state index >= 15 is 0 Å². The largest absolute Gasteiger partial charge is 0.370 e. The van der Waals surface area contributed by atoms with Gasteiger partial charge >= 0.3 is 0 Å². The molecule has 21 heavy (non-hydrogen) atoms. The molecule has 0 fully saturated rings. The first-order chi connectivity index (χ1) is 9.93. The highest BCUT2D eigenvalue weighted by Gasteiger charge is 2.16. The number of benzene rings is 1. The van der Waals surface area contributed by atoms with E-state index in [0.29, 0.717) is 23.9 Å². The minimum atomic E-state index is -0.870. The van der Waals surface area contributed by atoms with Crippen molar-refractivity contribution in [1.29, 1.82) is 0 Å². The van der Waals surface area contributed by atoms with Gasteiger partial charge in [-0.2, -0.15) is 0 Å². The second-order valence-corrected chi connectivity index (χ2v) is 5.24. The van der Waals surface area contributed by atoms with E-state index in [1.54, 1.807) is 18.2 Å². The molecule has 0 aliphatic carbocycles. The average Bonchev–Trinajstić information content (AvgIpc) is 2.45. The van der Waals surface area contributed by atoms with Crippen LogP contribution in [0.3, 0.4) is 0 Å². The highest BCUT2D eigenvalue weighted by Crippen LogP contribution is 2.27. The molecule has 1 aromatic heterocycles. The van der Waals surface area contributed by atoms with Crippen LogP contribution in [0.15, 0.2) is 18.2 Å². The molecule has 2 rings (SSSR count). The molecular weight excluding hydrogens is 272 g/mol. The molecule has 1 aromatic carbocycles. The van der Waals surface area contributed by atoms with E-state index in [4.69, 9.17) is 0 Å². The van der Waals surface area contributed by atoms with Crippen molar-refractivity contribution in [2.45, 2.75) is 33.6 Å². The molecule has 5 heteroatoms. The summed E-state index contributed by atoms with van der Waals surface area (Å²) in [6, 6.07) is 4.75. The fourth-order valence-electron chi connectivity index (χ4n) is 1.98. The summed E-state index contributed by atoms with van der Waals surface area (Å²) >= 11 is 0. The molecular formula is C16H19F2N3. The van der Waals surface area contributed by atoms with Crippen LogP contribution in [-0.4, -0.2) is 16.5 Å². The topological polar surface area (TPSA) is 37.8 Å². The summed E-state index contributed by atoms with van der Waals surface area (Å²) < 4.78 is 27.9. The van der Waals surface area contributed by atoms with Gasteiger partial charge in [-0.15, -0.1) is 0 Å². The molecule has 2 aromatic rings. The van der Waals surface area contributed by atoms with Gasteiger partial charge in [-0.1, -0.05) is 19.9 Å². The van der Waals surface area contributed by atoms with E-state index in [2.05, 4.69) is 15.3 Å². The molecule has 0 aliphatic rings. The summed E-state index contributed by atoms with van der Waals surface area (Å²) in [4.78, 5) is 8.74. The van der Waals surface area contributed by atoms with Gasteiger partial charge in [0.1, 0.15) is 11.6 Å². The van der Waals surface area contributed by atoms with Gasteiger partial charge in [0.15, 0.2) is 11.6 Å². The van der Waals surface area contributed by atoms with Gasteiger partial charge in [0, 0.05) is 24.1 Å². The molecule has 0 spiro atoms. The van der Waals surface area contributed by atoms with Gasteiger partial charge in [-0.3, -0.25) is 0 Å². The van der Waals surface area contributed by atoms with Crippen LogP contribution in [0.1, 0.15) is 38.1 Å². The molecule has 0 saturated heterocycles. The van der Waals surface area contributed by atoms with E-state index in [-0.39, 0.29) is 17.0 Å². The van der Waals surface area contributed by atoms with Gasteiger partial charge in [0.05, 0.1) is 5.69 Å². The first-order valence-corrected chi connectivity index (χ1v) is 7.01. The minimum Gasteiger partial charge on any atom is -0.370 e. The SMILES string of the molecule is CCNc1cc(-c2ccc(C)c(F)c2F)nc(C(C)C)n1. The Hall–Kier alpha value is -2.04. The van der Waals surface area contributed by atoms with Crippen molar-refractivity contribution >= 4 is 5.82 Å². The number of aryl methyl sites for hydroxylation is 1. The summed E-state index contributed by atoms with van der Waals surface area (Å²) in [6.07, 6.45) is 0. The Labute approximate surface area is 123 Å². The van der Waals surface area contributed by atoms with Crippen LogP contribution in [0.4, 0.5) is 14.6 Å². The van der Waals surface area contributed by atoms with E-state index in [1.165, 1.54) is 6.92 Å². The molecule has 0 radical (unpaired) electrons. The molecule has 1 N–H and O–H groups in total. The number of hydrogen-bond donors (Lipinski definition) is 1. The Morgan fingerprint density at radius 2 is 1.86 bits per heavy atom. The quantitative estimate of drug-likeness (QED) is 0.913. The average molecular weight is 291 g/mol. The van der Waals surface area contributed by atoms with Gasteiger partial charge in [0.25, 0.3) is 0 Å². The van der Waals surface area contributed by atoms with Crippen LogP contribution >= 0.6 is 0 Å². The molecule has 0 aliphatic heterocycles. The lowest BCUT2D eigenvalue weighted by molar-refractivity contribution is 0.505. The van der Waals surface area contributed by atoms with E-state index in [1.807, 2.05) is 20.8 Å². The van der Waals surface area contributed by atoms with Crippen LogP contribution in [0.2, 0.25) is 0 Å². The number of rotatable bonds is 4. The maximum Gasteiger partial charge on any atom is 0.168 e. The summed E-state index contributed by atoms with van der Waals surface area (Å²) in [6.45, 7) is 8.09. The van der Waals surface area contributed by atoms with Crippen molar-refractivity contribution in [1.82, 2.24) is 9.97 Å². The third-order valence-electron chi connectivity index (χ3n) is 3.17. The number of anilines is 1. The molecule has 112 valence electrons. The third-order valence-corrected chi connectivity index (χ3v) is 3.17. The molecule has 0 unspecified atom stereocenters. The molecule has 3 nitrogen and oxygen atoms in total. The normalized spacial score (nSPS) is 11.0.